The molecular weight excluding hydrogens is 474 g/mol. The van der Waals surface area contributed by atoms with Gasteiger partial charge >= 0.3 is 0 Å². The largest absolute Gasteiger partial charge is 0.347 e. The minimum absolute atomic E-state index is 0.128. The lowest BCUT2D eigenvalue weighted by molar-refractivity contribution is -0.138. The summed E-state index contributed by atoms with van der Waals surface area (Å²) in [6.07, 6.45) is 0.442. The maximum absolute atomic E-state index is 13.0. The number of hydrogen-bond acceptors (Lipinski definition) is 6. The van der Waals surface area contributed by atoms with Gasteiger partial charge in [-0.1, -0.05) is 0 Å². The number of benzene rings is 2. The Morgan fingerprint density at radius 2 is 0.889 bits per heavy atom. The molecule has 0 spiro atoms. The lowest BCUT2D eigenvalue weighted by Gasteiger charge is -2.29. The third-order valence-corrected chi connectivity index (χ3v) is 5.88. The summed E-state index contributed by atoms with van der Waals surface area (Å²) in [5.74, 6) is -5.84. The molecule has 8 nitrogen and oxygen atoms in total. The van der Waals surface area contributed by atoms with Crippen LogP contribution in [0.1, 0.15) is 59.2 Å². The first kappa shape index (κ1) is 26.5. The predicted molar refractivity (Wildman–Crippen MR) is 123 cm³/mol. The fourth-order valence-electron chi connectivity index (χ4n) is 3.84. The summed E-state index contributed by atoms with van der Waals surface area (Å²) in [7, 11) is 0. The molecule has 1 aliphatic rings. The van der Waals surface area contributed by atoms with Crippen molar-refractivity contribution in [2.45, 2.75) is 50.6 Å². The van der Waals surface area contributed by atoms with E-state index in [4.69, 9.17) is 0 Å². The SMILES string of the molecule is O=C(CC(=O)c1ccc(F)cc1)C(=O)NC1CCC(NC(=O)C(=O)CC(=O)c2ccc(F)cc2)CC1. The van der Waals surface area contributed by atoms with E-state index in [1.54, 1.807) is 0 Å². The van der Waals surface area contributed by atoms with Crippen LogP contribution in [0.25, 0.3) is 0 Å². The molecule has 0 radical (unpaired) electrons. The zero-order valence-electron chi connectivity index (χ0n) is 19.2. The van der Waals surface area contributed by atoms with Gasteiger partial charge in [-0.2, -0.15) is 0 Å². The molecule has 36 heavy (non-hydrogen) atoms. The van der Waals surface area contributed by atoms with E-state index in [0.717, 1.165) is 24.3 Å². The molecule has 188 valence electrons. The number of Topliss-reactive ketones (excluding diaryl/α,β-unsaturated/α-hetero) is 4. The molecule has 0 aliphatic heterocycles. The molecule has 10 heteroatoms. The standard InChI is InChI=1S/C26H24F2N2O6/c27-17-5-1-15(2-6-17)21(31)13-23(33)25(35)29-19-9-11-20(12-10-19)30-26(36)24(34)14-22(32)16-3-7-18(28)8-4-16/h1-8,19-20H,9-14H2,(H,29,35)(H,30,36). The number of carbonyl (C=O) groups excluding carboxylic acids is 6. The zero-order chi connectivity index (χ0) is 26.2. The summed E-state index contributed by atoms with van der Waals surface area (Å²) in [6.45, 7) is 0. The van der Waals surface area contributed by atoms with Gasteiger partial charge in [0.05, 0.1) is 12.8 Å². The molecule has 2 aromatic rings. The molecule has 0 aromatic heterocycles. The second-order valence-corrected chi connectivity index (χ2v) is 8.56. The highest BCUT2D eigenvalue weighted by Gasteiger charge is 2.28. The Kier molecular flexibility index (Phi) is 8.88. The second kappa shape index (κ2) is 12.1. The zero-order valence-corrected chi connectivity index (χ0v) is 19.2. The molecule has 2 N–H and O–H groups in total. The maximum atomic E-state index is 13.0. The number of carbonyl (C=O) groups is 6. The molecule has 0 saturated heterocycles. The van der Waals surface area contributed by atoms with Crippen LogP contribution in [-0.2, 0) is 19.2 Å². The second-order valence-electron chi connectivity index (χ2n) is 8.56. The van der Waals surface area contributed by atoms with Gasteiger partial charge in [0.15, 0.2) is 11.6 Å². The van der Waals surface area contributed by atoms with Crippen LogP contribution in [0.15, 0.2) is 48.5 Å². The Balaban J connectivity index is 1.39. The van der Waals surface area contributed by atoms with E-state index in [0.29, 0.717) is 25.7 Å². The van der Waals surface area contributed by atoms with Gasteiger partial charge in [0.25, 0.3) is 11.8 Å². The number of nitrogens with one attached hydrogen (secondary N) is 2. The van der Waals surface area contributed by atoms with Crippen LogP contribution in [0.2, 0.25) is 0 Å². The normalized spacial score (nSPS) is 17.1. The van der Waals surface area contributed by atoms with Gasteiger partial charge in [0.2, 0.25) is 11.6 Å². The van der Waals surface area contributed by atoms with E-state index >= 15 is 0 Å². The lowest BCUT2D eigenvalue weighted by atomic mass is 9.90. The summed E-state index contributed by atoms with van der Waals surface area (Å²) < 4.78 is 25.9. The van der Waals surface area contributed by atoms with Crippen molar-refractivity contribution in [2.75, 3.05) is 0 Å². The highest BCUT2D eigenvalue weighted by molar-refractivity contribution is 6.40. The van der Waals surface area contributed by atoms with Gasteiger partial charge in [-0.15, -0.1) is 0 Å². The van der Waals surface area contributed by atoms with Gasteiger partial charge in [0, 0.05) is 23.2 Å². The van der Waals surface area contributed by atoms with Gasteiger partial charge in [-0.25, -0.2) is 8.78 Å². The summed E-state index contributed by atoms with van der Waals surface area (Å²) >= 11 is 0. The third kappa shape index (κ3) is 7.46. The van der Waals surface area contributed by atoms with Crippen molar-refractivity contribution in [1.29, 1.82) is 0 Å². The van der Waals surface area contributed by atoms with E-state index in [9.17, 15) is 37.5 Å². The summed E-state index contributed by atoms with van der Waals surface area (Å²) in [5, 5.41) is 5.16. The summed E-state index contributed by atoms with van der Waals surface area (Å²) in [4.78, 5) is 72.8. The fraction of sp³-hybridized carbons (Fsp3) is 0.308. The predicted octanol–water partition coefficient (Wildman–Crippen LogP) is 2.49. The Bertz CT molecular complexity index is 1080. The van der Waals surface area contributed by atoms with Crippen molar-refractivity contribution in [3.63, 3.8) is 0 Å². The van der Waals surface area contributed by atoms with Gasteiger partial charge < -0.3 is 10.6 Å². The van der Waals surface area contributed by atoms with E-state index in [2.05, 4.69) is 10.6 Å². The molecule has 0 unspecified atom stereocenters. The van der Waals surface area contributed by atoms with Crippen molar-refractivity contribution in [2.24, 2.45) is 0 Å². The summed E-state index contributed by atoms with van der Waals surface area (Å²) in [5.41, 5.74) is 0.255. The lowest BCUT2D eigenvalue weighted by Crippen LogP contribution is -2.47. The van der Waals surface area contributed by atoms with E-state index in [1.165, 1.54) is 24.3 Å². The van der Waals surface area contributed by atoms with Crippen LogP contribution < -0.4 is 10.6 Å². The quantitative estimate of drug-likeness (QED) is 0.295. The molecular formula is C26H24F2N2O6. The molecule has 2 amide bonds. The molecule has 3 rings (SSSR count). The van der Waals surface area contributed by atoms with Crippen LogP contribution in [0, 0.1) is 11.6 Å². The number of rotatable bonds is 10. The number of halogens is 2. The first-order chi connectivity index (χ1) is 17.1. The van der Waals surface area contributed by atoms with Crippen LogP contribution in [0.5, 0.6) is 0 Å². The van der Waals surface area contributed by atoms with E-state index in [-0.39, 0.29) is 23.2 Å². The average molecular weight is 498 g/mol. The highest BCUT2D eigenvalue weighted by atomic mass is 19.1. The number of amides is 2. The molecule has 2 aromatic carbocycles. The van der Waals surface area contributed by atoms with Crippen LogP contribution in [0.3, 0.4) is 0 Å². The first-order valence-electron chi connectivity index (χ1n) is 11.4. The Labute approximate surface area is 205 Å². The van der Waals surface area contributed by atoms with Gasteiger partial charge in [-0.3, -0.25) is 28.8 Å². The molecule has 0 bridgehead atoms. The average Bonchev–Trinajstić information content (AvgIpc) is 2.85. The van der Waals surface area contributed by atoms with Crippen molar-refractivity contribution in [3.05, 3.63) is 71.3 Å². The van der Waals surface area contributed by atoms with Crippen molar-refractivity contribution < 1.29 is 37.5 Å². The molecule has 1 aliphatic carbocycles. The van der Waals surface area contributed by atoms with Gasteiger partial charge in [0.1, 0.15) is 11.6 Å². The topological polar surface area (TPSA) is 126 Å². The highest BCUT2D eigenvalue weighted by Crippen LogP contribution is 2.19. The minimum Gasteiger partial charge on any atom is -0.347 e. The molecule has 1 fully saturated rings. The number of hydrogen-bond donors (Lipinski definition) is 2. The molecule has 0 heterocycles. The van der Waals surface area contributed by atoms with Crippen molar-refractivity contribution >= 4 is 34.9 Å². The monoisotopic (exact) mass is 498 g/mol. The van der Waals surface area contributed by atoms with Crippen LogP contribution in [-0.4, -0.2) is 47.0 Å². The summed E-state index contributed by atoms with van der Waals surface area (Å²) in [6, 6.07) is 8.63. The Hall–Kier alpha value is -4.08. The van der Waals surface area contributed by atoms with Gasteiger partial charge in [-0.05, 0) is 74.2 Å². The van der Waals surface area contributed by atoms with Crippen LogP contribution in [0.4, 0.5) is 8.78 Å². The Morgan fingerprint density at radius 3 is 1.19 bits per heavy atom. The molecule has 1 saturated carbocycles. The van der Waals surface area contributed by atoms with E-state index < -0.39 is 59.4 Å². The minimum atomic E-state index is -0.906. The van der Waals surface area contributed by atoms with Crippen molar-refractivity contribution in [1.82, 2.24) is 10.6 Å². The van der Waals surface area contributed by atoms with Crippen molar-refractivity contribution in [3.8, 4) is 0 Å². The number of ketones is 4. The first-order valence-corrected chi connectivity index (χ1v) is 11.4. The maximum Gasteiger partial charge on any atom is 0.288 e. The Morgan fingerprint density at radius 1 is 0.583 bits per heavy atom. The van der Waals surface area contributed by atoms with Crippen LogP contribution >= 0.6 is 0 Å². The fourth-order valence-corrected chi connectivity index (χ4v) is 3.84. The molecule has 0 atom stereocenters. The smallest absolute Gasteiger partial charge is 0.288 e. The van der Waals surface area contributed by atoms with E-state index in [1.807, 2.05) is 0 Å². The third-order valence-electron chi connectivity index (χ3n) is 5.88.